The van der Waals surface area contributed by atoms with Crippen molar-refractivity contribution >= 4 is 17.6 Å². The first-order valence-electron chi connectivity index (χ1n) is 5.09. The molecule has 7 nitrogen and oxygen atoms in total. The van der Waals surface area contributed by atoms with Gasteiger partial charge in [-0.05, 0) is 5.56 Å². The summed E-state index contributed by atoms with van der Waals surface area (Å²) in [5, 5.41) is 19.0. The topological polar surface area (TPSA) is 101 Å². The van der Waals surface area contributed by atoms with Crippen molar-refractivity contribution < 1.29 is 19.6 Å². The van der Waals surface area contributed by atoms with Gasteiger partial charge in [0.1, 0.15) is 6.42 Å². The van der Waals surface area contributed by atoms with Crippen molar-refractivity contribution in [3.63, 3.8) is 0 Å². The Morgan fingerprint density at radius 2 is 2.11 bits per heavy atom. The summed E-state index contributed by atoms with van der Waals surface area (Å²) in [6, 6.07) is 5.85. The second-order valence-corrected chi connectivity index (χ2v) is 3.75. The van der Waals surface area contributed by atoms with Crippen LogP contribution in [0.1, 0.15) is 12.0 Å². The van der Waals surface area contributed by atoms with Crippen LogP contribution in [0, 0.1) is 10.1 Å². The average molecular weight is 252 g/mol. The lowest BCUT2D eigenvalue weighted by atomic mass is 10.2. The van der Waals surface area contributed by atoms with Crippen LogP contribution in [-0.4, -0.2) is 33.9 Å². The van der Waals surface area contributed by atoms with Crippen LogP contribution in [-0.2, 0) is 16.1 Å². The molecule has 0 spiro atoms. The largest absolute Gasteiger partial charge is 0.481 e. The highest BCUT2D eigenvalue weighted by Crippen LogP contribution is 2.14. The van der Waals surface area contributed by atoms with Crippen LogP contribution in [0.2, 0.25) is 0 Å². The highest BCUT2D eigenvalue weighted by atomic mass is 16.6. The van der Waals surface area contributed by atoms with Gasteiger partial charge in [-0.2, -0.15) is 0 Å². The third-order valence-electron chi connectivity index (χ3n) is 2.27. The van der Waals surface area contributed by atoms with E-state index in [1.807, 2.05) is 0 Å². The number of amides is 1. The van der Waals surface area contributed by atoms with Gasteiger partial charge in [-0.25, -0.2) is 0 Å². The van der Waals surface area contributed by atoms with E-state index in [-0.39, 0.29) is 12.2 Å². The Balaban J connectivity index is 2.72. The molecule has 0 aliphatic carbocycles. The molecule has 1 aromatic carbocycles. The quantitative estimate of drug-likeness (QED) is 0.479. The first kappa shape index (κ1) is 13.6. The Bertz CT molecular complexity index is 486. The highest BCUT2D eigenvalue weighted by molar-refractivity contribution is 5.93. The minimum atomic E-state index is -1.20. The lowest BCUT2D eigenvalue weighted by Gasteiger charge is -2.15. The maximum atomic E-state index is 11.4. The molecule has 1 rings (SSSR count). The molecule has 0 saturated carbocycles. The number of carboxylic acids is 1. The molecule has 0 aliphatic rings. The van der Waals surface area contributed by atoms with Crippen LogP contribution in [0.5, 0.6) is 0 Å². The van der Waals surface area contributed by atoms with E-state index >= 15 is 0 Å². The van der Waals surface area contributed by atoms with E-state index in [0.29, 0.717) is 5.56 Å². The minimum absolute atomic E-state index is 0.0633. The zero-order valence-corrected chi connectivity index (χ0v) is 9.70. The number of aliphatic carboxylic acids is 1. The molecule has 0 unspecified atom stereocenters. The third kappa shape index (κ3) is 3.85. The molecule has 0 saturated heterocycles. The van der Waals surface area contributed by atoms with Crippen molar-refractivity contribution in [1.29, 1.82) is 0 Å². The predicted octanol–water partition coefficient (Wildman–Crippen LogP) is 1.03. The van der Waals surface area contributed by atoms with Crippen molar-refractivity contribution in [3.05, 3.63) is 39.9 Å². The Labute approximate surface area is 103 Å². The molecule has 0 bridgehead atoms. The molecule has 1 N–H and O–H groups in total. The summed E-state index contributed by atoms with van der Waals surface area (Å²) in [4.78, 5) is 33.0. The third-order valence-corrected chi connectivity index (χ3v) is 2.27. The van der Waals surface area contributed by atoms with Crippen LogP contribution in [0.25, 0.3) is 0 Å². The zero-order chi connectivity index (χ0) is 13.7. The molecule has 96 valence electrons. The second-order valence-electron chi connectivity index (χ2n) is 3.75. The summed E-state index contributed by atoms with van der Waals surface area (Å²) < 4.78 is 0. The maximum Gasteiger partial charge on any atom is 0.312 e. The maximum absolute atomic E-state index is 11.4. The summed E-state index contributed by atoms with van der Waals surface area (Å²) in [5.74, 6) is -1.75. The first-order valence-corrected chi connectivity index (χ1v) is 5.09. The molecule has 0 heterocycles. The lowest BCUT2D eigenvalue weighted by molar-refractivity contribution is -0.384. The van der Waals surface area contributed by atoms with Gasteiger partial charge in [0.05, 0.1) is 4.92 Å². The highest BCUT2D eigenvalue weighted by Gasteiger charge is 2.14. The number of carbonyl (C=O) groups is 2. The van der Waals surface area contributed by atoms with Gasteiger partial charge in [0.25, 0.3) is 5.69 Å². The van der Waals surface area contributed by atoms with E-state index in [9.17, 15) is 19.7 Å². The van der Waals surface area contributed by atoms with Crippen molar-refractivity contribution in [3.8, 4) is 0 Å². The molecule has 7 heteroatoms. The van der Waals surface area contributed by atoms with E-state index < -0.39 is 23.2 Å². The fourth-order valence-electron chi connectivity index (χ4n) is 1.39. The Hall–Kier alpha value is -2.44. The van der Waals surface area contributed by atoms with Crippen LogP contribution < -0.4 is 0 Å². The molecule has 1 amide bonds. The van der Waals surface area contributed by atoms with Crippen LogP contribution in [0.4, 0.5) is 5.69 Å². The van der Waals surface area contributed by atoms with Gasteiger partial charge in [0, 0.05) is 25.7 Å². The van der Waals surface area contributed by atoms with Crippen molar-refractivity contribution in [2.75, 3.05) is 7.05 Å². The van der Waals surface area contributed by atoms with E-state index in [4.69, 9.17) is 5.11 Å². The molecule has 0 aliphatic heterocycles. The van der Waals surface area contributed by atoms with E-state index in [2.05, 4.69) is 0 Å². The Kier molecular flexibility index (Phi) is 4.36. The summed E-state index contributed by atoms with van der Waals surface area (Å²) >= 11 is 0. The summed E-state index contributed by atoms with van der Waals surface area (Å²) in [6.07, 6.45) is -0.592. The summed E-state index contributed by atoms with van der Waals surface area (Å²) in [7, 11) is 1.45. The molecule has 1 aromatic rings. The molecular formula is C11H12N2O5. The van der Waals surface area contributed by atoms with Gasteiger partial charge >= 0.3 is 5.97 Å². The molecular weight excluding hydrogens is 240 g/mol. The van der Waals surface area contributed by atoms with E-state index in [1.165, 1.54) is 30.1 Å². The monoisotopic (exact) mass is 252 g/mol. The number of hydrogen-bond acceptors (Lipinski definition) is 4. The predicted molar refractivity (Wildman–Crippen MR) is 61.8 cm³/mol. The SMILES string of the molecule is CN(Cc1cccc([N+](=O)[O-])c1)C(=O)CC(=O)O. The first-order chi connectivity index (χ1) is 8.40. The number of nitro groups is 1. The second kappa shape index (κ2) is 5.76. The number of rotatable bonds is 5. The fourth-order valence-corrected chi connectivity index (χ4v) is 1.39. The molecule has 0 radical (unpaired) electrons. The standard InChI is InChI=1S/C11H12N2O5/c1-12(10(14)6-11(15)16)7-8-3-2-4-9(5-8)13(17)18/h2-5H,6-7H2,1H3,(H,15,16). The number of carbonyl (C=O) groups excluding carboxylic acids is 1. The van der Waals surface area contributed by atoms with Gasteiger partial charge < -0.3 is 10.0 Å². The van der Waals surface area contributed by atoms with Gasteiger partial charge in [-0.3, -0.25) is 19.7 Å². The number of non-ortho nitro benzene ring substituents is 1. The van der Waals surface area contributed by atoms with Gasteiger partial charge in [0.2, 0.25) is 5.91 Å². The van der Waals surface area contributed by atoms with Gasteiger partial charge in [0.15, 0.2) is 0 Å². The summed E-state index contributed by atoms with van der Waals surface area (Å²) in [5.41, 5.74) is 0.511. The molecule has 18 heavy (non-hydrogen) atoms. The molecule has 0 fully saturated rings. The fraction of sp³-hybridized carbons (Fsp3) is 0.273. The number of carboxylic acid groups (broad SMARTS) is 1. The molecule has 0 atom stereocenters. The summed E-state index contributed by atoms with van der Waals surface area (Å²) in [6.45, 7) is 0.133. The van der Waals surface area contributed by atoms with Crippen molar-refractivity contribution in [2.45, 2.75) is 13.0 Å². The van der Waals surface area contributed by atoms with Crippen LogP contribution >= 0.6 is 0 Å². The van der Waals surface area contributed by atoms with E-state index in [1.54, 1.807) is 6.07 Å². The smallest absolute Gasteiger partial charge is 0.312 e. The van der Waals surface area contributed by atoms with Gasteiger partial charge in [-0.1, -0.05) is 12.1 Å². The number of hydrogen-bond donors (Lipinski definition) is 1. The molecule has 0 aromatic heterocycles. The van der Waals surface area contributed by atoms with Crippen LogP contribution in [0.3, 0.4) is 0 Å². The van der Waals surface area contributed by atoms with Crippen LogP contribution in [0.15, 0.2) is 24.3 Å². The zero-order valence-electron chi connectivity index (χ0n) is 9.70. The number of benzene rings is 1. The van der Waals surface area contributed by atoms with E-state index in [0.717, 1.165) is 0 Å². The minimum Gasteiger partial charge on any atom is -0.481 e. The Morgan fingerprint density at radius 3 is 2.67 bits per heavy atom. The lowest BCUT2D eigenvalue weighted by Crippen LogP contribution is -2.28. The average Bonchev–Trinajstić information content (AvgIpc) is 2.28. The van der Waals surface area contributed by atoms with Gasteiger partial charge in [-0.15, -0.1) is 0 Å². The van der Waals surface area contributed by atoms with Crippen molar-refractivity contribution in [1.82, 2.24) is 4.90 Å². The number of nitrogens with zero attached hydrogens (tertiary/aromatic N) is 2. The Morgan fingerprint density at radius 1 is 1.44 bits per heavy atom. The number of nitro benzene ring substituents is 1. The normalized spacial score (nSPS) is 9.83. The van der Waals surface area contributed by atoms with Crippen molar-refractivity contribution in [2.24, 2.45) is 0 Å².